The third-order valence-corrected chi connectivity index (χ3v) is 3.20. The van der Waals surface area contributed by atoms with E-state index >= 15 is 0 Å². The Morgan fingerprint density at radius 2 is 2.15 bits per heavy atom. The van der Waals surface area contributed by atoms with Crippen LogP contribution >= 0.6 is 0 Å². The summed E-state index contributed by atoms with van der Waals surface area (Å²) in [6.45, 7) is 9.45. The SMILES string of the molecule is CCNC(Cc1nc(-c2occc2C)no1)CC(C)C. The maximum Gasteiger partial charge on any atom is 0.238 e. The Morgan fingerprint density at radius 3 is 2.75 bits per heavy atom. The van der Waals surface area contributed by atoms with Crippen molar-refractivity contribution in [3.63, 3.8) is 0 Å². The van der Waals surface area contributed by atoms with Crippen molar-refractivity contribution in [2.45, 2.75) is 46.6 Å². The molecule has 0 amide bonds. The van der Waals surface area contributed by atoms with Gasteiger partial charge in [0, 0.05) is 12.5 Å². The fourth-order valence-electron chi connectivity index (χ4n) is 2.34. The highest BCUT2D eigenvalue weighted by Crippen LogP contribution is 2.21. The van der Waals surface area contributed by atoms with Gasteiger partial charge in [-0.25, -0.2) is 0 Å². The normalized spacial score (nSPS) is 13.1. The van der Waals surface area contributed by atoms with Crippen LogP contribution in [0.1, 0.15) is 38.6 Å². The molecular formula is C15H23N3O2. The van der Waals surface area contributed by atoms with Crippen molar-refractivity contribution in [3.8, 4) is 11.6 Å². The van der Waals surface area contributed by atoms with E-state index in [1.807, 2.05) is 13.0 Å². The molecule has 1 atom stereocenters. The Bertz CT molecular complexity index is 531. The number of likely N-dealkylation sites (N-methyl/N-ethyl adjacent to an activating group) is 1. The van der Waals surface area contributed by atoms with Gasteiger partial charge in [-0.05, 0) is 37.4 Å². The van der Waals surface area contributed by atoms with Gasteiger partial charge in [-0.1, -0.05) is 25.9 Å². The van der Waals surface area contributed by atoms with E-state index in [1.165, 1.54) is 0 Å². The van der Waals surface area contributed by atoms with Crippen molar-refractivity contribution >= 4 is 0 Å². The number of nitrogens with zero attached hydrogens (tertiary/aromatic N) is 2. The van der Waals surface area contributed by atoms with Gasteiger partial charge in [-0.15, -0.1) is 0 Å². The molecule has 5 nitrogen and oxygen atoms in total. The molecule has 20 heavy (non-hydrogen) atoms. The number of hydrogen-bond acceptors (Lipinski definition) is 5. The molecule has 2 aromatic heterocycles. The maximum absolute atomic E-state index is 5.38. The predicted molar refractivity (Wildman–Crippen MR) is 77.4 cm³/mol. The predicted octanol–water partition coefficient (Wildman–Crippen LogP) is 3.20. The molecule has 0 aliphatic carbocycles. The molecule has 1 unspecified atom stereocenters. The van der Waals surface area contributed by atoms with Gasteiger partial charge >= 0.3 is 0 Å². The zero-order valence-electron chi connectivity index (χ0n) is 12.6. The molecule has 0 saturated heterocycles. The van der Waals surface area contributed by atoms with E-state index in [2.05, 4.69) is 36.2 Å². The molecule has 0 aliphatic rings. The summed E-state index contributed by atoms with van der Waals surface area (Å²) in [4.78, 5) is 4.43. The van der Waals surface area contributed by atoms with Crippen molar-refractivity contribution < 1.29 is 8.94 Å². The molecule has 0 fully saturated rings. The van der Waals surface area contributed by atoms with Crippen LogP contribution in [0, 0.1) is 12.8 Å². The van der Waals surface area contributed by atoms with Crippen LogP contribution in [0.2, 0.25) is 0 Å². The number of furan rings is 1. The first-order valence-corrected chi connectivity index (χ1v) is 7.20. The second kappa shape index (κ2) is 6.70. The Morgan fingerprint density at radius 1 is 1.35 bits per heavy atom. The lowest BCUT2D eigenvalue weighted by Gasteiger charge is -2.17. The van der Waals surface area contributed by atoms with Crippen LogP contribution in [0.3, 0.4) is 0 Å². The van der Waals surface area contributed by atoms with Crippen molar-refractivity contribution in [1.29, 1.82) is 0 Å². The summed E-state index contributed by atoms with van der Waals surface area (Å²) in [5, 5.41) is 7.47. The topological polar surface area (TPSA) is 64.1 Å². The monoisotopic (exact) mass is 277 g/mol. The maximum atomic E-state index is 5.38. The van der Waals surface area contributed by atoms with Crippen LogP contribution in [0.5, 0.6) is 0 Å². The fraction of sp³-hybridized carbons (Fsp3) is 0.600. The molecule has 2 heterocycles. The average molecular weight is 277 g/mol. The molecule has 0 spiro atoms. The van der Waals surface area contributed by atoms with E-state index in [4.69, 9.17) is 8.94 Å². The van der Waals surface area contributed by atoms with Crippen LogP contribution in [-0.2, 0) is 6.42 Å². The molecule has 1 N–H and O–H groups in total. The lowest BCUT2D eigenvalue weighted by atomic mass is 10.0. The van der Waals surface area contributed by atoms with E-state index in [9.17, 15) is 0 Å². The van der Waals surface area contributed by atoms with E-state index in [-0.39, 0.29) is 0 Å². The van der Waals surface area contributed by atoms with E-state index in [1.54, 1.807) is 6.26 Å². The Labute approximate surface area is 119 Å². The standard InChI is InChI=1S/C15H23N3O2/c1-5-16-12(8-10(2)3)9-13-17-15(18-20-13)14-11(4)6-7-19-14/h6-7,10,12,16H,5,8-9H2,1-4H3. The Hall–Kier alpha value is -1.62. The van der Waals surface area contributed by atoms with Gasteiger partial charge in [0.1, 0.15) is 0 Å². The largest absolute Gasteiger partial charge is 0.461 e. The second-order valence-corrected chi connectivity index (χ2v) is 5.53. The molecule has 2 rings (SSSR count). The van der Waals surface area contributed by atoms with Crippen LogP contribution < -0.4 is 5.32 Å². The number of aryl methyl sites for hydroxylation is 1. The highest BCUT2D eigenvalue weighted by molar-refractivity contribution is 5.50. The summed E-state index contributed by atoms with van der Waals surface area (Å²) < 4.78 is 10.7. The molecule has 0 bridgehead atoms. The van der Waals surface area contributed by atoms with Crippen LogP contribution in [0.25, 0.3) is 11.6 Å². The van der Waals surface area contributed by atoms with Crippen LogP contribution in [0.4, 0.5) is 0 Å². The molecule has 0 aliphatic heterocycles. The van der Waals surface area contributed by atoms with Gasteiger partial charge in [0.15, 0.2) is 5.76 Å². The van der Waals surface area contributed by atoms with Gasteiger partial charge in [0.05, 0.1) is 6.26 Å². The quantitative estimate of drug-likeness (QED) is 0.842. The van der Waals surface area contributed by atoms with Crippen molar-refractivity contribution in [1.82, 2.24) is 15.5 Å². The first-order valence-electron chi connectivity index (χ1n) is 7.20. The third-order valence-electron chi connectivity index (χ3n) is 3.20. The number of hydrogen-bond donors (Lipinski definition) is 1. The molecule has 2 aromatic rings. The van der Waals surface area contributed by atoms with Gasteiger partial charge in [0.25, 0.3) is 0 Å². The molecule has 0 radical (unpaired) electrons. The summed E-state index contributed by atoms with van der Waals surface area (Å²) in [6.07, 6.45) is 3.48. The zero-order valence-corrected chi connectivity index (χ0v) is 12.6. The molecule has 0 saturated carbocycles. The minimum atomic E-state index is 0.367. The van der Waals surface area contributed by atoms with Crippen LogP contribution in [-0.4, -0.2) is 22.7 Å². The summed E-state index contributed by atoms with van der Waals surface area (Å²) in [5.41, 5.74) is 1.02. The van der Waals surface area contributed by atoms with Gasteiger partial charge < -0.3 is 14.3 Å². The second-order valence-electron chi connectivity index (χ2n) is 5.53. The summed E-state index contributed by atoms with van der Waals surface area (Å²) >= 11 is 0. The Kier molecular flexibility index (Phi) is 4.95. The Balaban J connectivity index is 2.06. The molecular weight excluding hydrogens is 254 g/mol. The van der Waals surface area contributed by atoms with Gasteiger partial charge in [0.2, 0.25) is 11.7 Å². The van der Waals surface area contributed by atoms with E-state index < -0.39 is 0 Å². The molecule has 0 aromatic carbocycles. The smallest absolute Gasteiger partial charge is 0.238 e. The molecule has 110 valence electrons. The first-order chi connectivity index (χ1) is 9.60. The number of aromatic nitrogens is 2. The highest BCUT2D eigenvalue weighted by atomic mass is 16.5. The van der Waals surface area contributed by atoms with Gasteiger partial charge in [-0.3, -0.25) is 0 Å². The highest BCUT2D eigenvalue weighted by Gasteiger charge is 2.17. The lowest BCUT2D eigenvalue weighted by molar-refractivity contribution is 0.340. The fourth-order valence-corrected chi connectivity index (χ4v) is 2.34. The molecule has 5 heteroatoms. The van der Waals surface area contributed by atoms with Crippen molar-refractivity contribution in [2.75, 3.05) is 6.54 Å². The van der Waals surface area contributed by atoms with Crippen LogP contribution in [0.15, 0.2) is 21.3 Å². The van der Waals surface area contributed by atoms with E-state index in [0.717, 1.165) is 24.9 Å². The third kappa shape index (κ3) is 3.70. The van der Waals surface area contributed by atoms with E-state index in [0.29, 0.717) is 29.4 Å². The zero-order chi connectivity index (χ0) is 14.5. The average Bonchev–Trinajstić information content (AvgIpc) is 2.97. The number of nitrogens with one attached hydrogen (secondary N) is 1. The number of rotatable bonds is 7. The van der Waals surface area contributed by atoms with Crippen molar-refractivity contribution in [3.05, 3.63) is 23.8 Å². The van der Waals surface area contributed by atoms with Gasteiger partial charge in [-0.2, -0.15) is 4.98 Å². The summed E-state index contributed by atoms with van der Waals surface area (Å²) in [7, 11) is 0. The summed E-state index contributed by atoms with van der Waals surface area (Å²) in [5.74, 6) is 2.50. The lowest BCUT2D eigenvalue weighted by Crippen LogP contribution is -2.32. The summed E-state index contributed by atoms with van der Waals surface area (Å²) in [6, 6.07) is 2.26. The first kappa shape index (κ1) is 14.8. The van der Waals surface area contributed by atoms with Crippen molar-refractivity contribution in [2.24, 2.45) is 5.92 Å². The minimum Gasteiger partial charge on any atom is -0.461 e. The minimum absolute atomic E-state index is 0.367.